The Balaban J connectivity index is 1.62. The maximum Gasteiger partial charge on any atom is 0.261 e. The summed E-state index contributed by atoms with van der Waals surface area (Å²) in [5, 5.41) is 0.556. The number of hydrogen-bond acceptors (Lipinski definition) is 4. The normalized spacial score (nSPS) is 17.2. The van der Waals surface area contributed by atoms with Crippen LogP contribution in [0.3, 0.4) is 0 Å². The van der Waals surface area contributed by atoms with Gasteiger partial charge >= 0.3 is 0 Å². The molecule has 0 amide bonds. The Hall–Kier alpha value is -2.73. The van der Waals surface area contributed by atoms with Gasteiger partial charge in [-0.15, -0.1) is 0 Å². The zero-order chi connectivity index (χ0) is 23.5. The highest BCUT2D eigenvalue weighted by molar-refractivity contribution is 5.83. The number of ether oxygens (including phenoxy) is 1. The first-order valence-corrected chi connectivity index (χ1v) is 12.0. The molecule has 4 rings (SSSR count). The monoisotopic (exact) mass is 451 g/mol. The van der Waals surface area contributed by atoms with Crippen molar-refractivity contribution < 1.29 is 9.13 Å². The van der Waals surface area contributed by atoms with Crippen LogP contribution in [0.1, 0.15) is 40.5 Å². The van der Waals surface area contributed by atoms with Gasteiger partial charge in [0.05, 0.1) is 23.8 Å². The van der Waals surface area contributed by atoms with E-state index in [1.54, 1.807) is 10.9 Å². The van der Waals surface area contributed by atoms with Crippen molar-refractivity contribution in [2.45, 2.75) is 53.1 Å². The summed E-state index contributed by atoms with van der Waals surface area (Å²) in [5.74, 6) is 0.917. The lowest BCUT2D eigenvalue weighted by molar-refractivity contribution is 0.130. The summed E-state index contributed by atoms with van der Waals surface area (Å²) < 4.78 is 21.7. The van der Waals surface area contributed by atoms with Gasteiger partial charge in [0, 0.05) is 25.2 Å². The smallest absolute Gasteiger partial charge is 0.261 e. The van der Waals surface area contributed by atoms with Gasteiger partial charge in [0.1, 0.15) is 11.6 Å². The van der Waals surface area contributed by atoms with Crippen LogP contribution >= 0.6 is 0 Å². The van der Waals surface area contributed by atoms with E-state index in [0.29, 0.717) is 53.2 Å². The summed E-state index contributed by atoms with van der Waals surface area (Å²) in [5.41, 5.74) is 2.07. The first-order valence-electron chi connectivity index (χ1n) is 12.0. The topological polar surface area (TPSA) is 47.4 Å². The van der Waals surface area contributed by atoms with E-state index < -0.39 is 0 Å². The van der Waals surface area contributed by atoms with E-state index in [4.69, 9.17) is 4.74 Å². The third-order valence-electron chi connectivity index (χ3n) is 6.35. The molecule has 0 spiro atoms. The van der Waals surface area contributed by atoms with Crippen LogP contribution in [0.15, 0.2) is 47.5 Å². The number of rotatable bonds is 7. The Morgan fingerprint density at radius 2 is 1.94 bits per heavy atom. The van der Waals surface area contributed by atoms with Crippen LogP contribution in [0.2, 0.25) is 0 Å². The van der Waals surface area contributed by atoms with Crippen LogP contribution in [0.5, 0.6) is 5.75 Å². The third kappa shape index (κ3) is 5.61. The SMILES string of the molecule is CC(C)COc1cc(F)cc(-c2ccc3ncn(CC4CCCN(C(C)C)C4)c(=O)c3c2)c1. The molecule has 1 atom stereocenters. The second-order valence-corrected chi connectivity index (χ2v) is 9.91. The molecule has 1 aromatic heterocycles. The number of hydrogen-bond donors (Lipinski definition) is 0. The molecule has 2 heterocycles. The van der Waals surface area contributed by atoms with Crippen LogP contribution in [-0.4, -0.2) is 40.2 Å². The number of aromatic nitrogens is 2. The van der Waals surface area contributed by atoms with Gasteiger partial charge in [-0.2, -0.15) is 0 Å². The van der Waals surface area contributed by atoms with E-state index >= 15 is 0 Å². The summed E-state index contributed by atoms with van der Waals surface area (Å²) in [7, 11) is 0. The predicted molar refractivity (Wildman–Crippen MR) is 131 cm³/mol. The highest BCUT2D eigenvalue weighted by Gasteiger charge is 2.22. The van der Waals surface area contributed by atoms with Crippen LogP contribution < -0.4 is 10.3 Å². The summed E-state index contributed by atoms with van der Waals surface area (Å²) in [6, 6.07) is 10.7. The fourth-order valence-electron chi connectivity index (χ4n) is 4.54. The van der Waals surface area contributed by atoms with Crippen LogP contribution in [-0.2, 0) is 6.54 Å². The minimum Gasteiger partial charge on any atom is -0.493 e. The first-order chi connectivity index (χ1) is 15.8. The maximum absolute atomic E-state index is 14.3. The van der Waals surface area contributed by atoms with Crippen LogP contribution in [0.4, 0.5) is 4.39 Å². The van der Waals surface area contributed by atoms with Gasteiger partial charge in [-0.1, -0.05) is 19.9 Å². The molecule has 0 bridgehead atoms. The number of benzene rings is 2. The number of fused-ring (bicyclic) bond motifs is 1. The molecule has 1 aliphatic rings. The number of piperidine rings is 1. The minimum atomic E-state index is -0.359. The summed E-state index contributed by atoms with van der Waals surface area (Å²) >= 11 is 0. The molecule has 6 heteroatoms. The molecule has 3 aromatic rings. The molecule has 2 aromatic carbocycles. The number of nitrogens with zero attached hydrogens (tertiary/aromatic N) is 3. The quantitative estimate of drug-likeness (QED) is 0.485. The molecule has 176 valence electrons. The van der Waals surface area contributed by atoms with Crippen molar-refractivity contribution in [3.8, 4) is 16.9 Å². The van der Waals surface area contributed by atoms with Gasteiger partial charge in [-0.3, -0.25) is 9.36 Å². The molecule has 5 nitrogen and oxygen atoms in total. The van der Waals surface area contributed by atoms with Gasteiger partial charge in [0.15, 0.2) is 0 Å². The Morgan fingerprint density at radius 3 is 2.70 bits per heavy atom. The van der Waals surface area contributed by atoms with E-state index in [9.17, 15) is 9.18 Å². The largest absolute Gasteiger partial charge is 0.493 e. The Morgan fingerprint density at radius 1 is 1.12 bits per heavy atom. The summed E-state index contributed by atoms with van der Waals surface area (Å²) in [6.07, 6.45) is 3.94. The second kappa shape index (κ2) is 10.0. The van der Waals surface area contributed by atoms with Crippen molar-refractivity contribution >= 4 is 10.9 Å². The van der Waals surface area contributed by atoms with Gasteiger partial charge < -0.3 is 9.64 Å². The molecule has 1 saturated heterocycles. The lowest BCUT2D eigenvalue weighted by atomic mass is 9.97. The Labute approximate surface area is 195 Å². The van der Waals surface area contributed by atoms with Gasteiger partial charge in [-0.25, -0.2) is 9.37 Å². The lowest BCUT2D eigenvalue weighted by Crippen LogP contribution is -2.42. The molecule has 0 saturated carbocycles. The third-order valence-corrected chi connectivity index (χ3v) is 6.35. The Bertz CT molecular complexity index is 1170. The van der Waals surface area contributed by atoms with Crippen molar-refractivity contribution in [1.29, 1.82) is 0 Å². The van der Waals surface area contributed by atoms with E-state index in [1.807, 2.05) is 24.3 Å². The second-order valence-electron chi connectivity index (χ2n) is 9.91. The zero-order valence-corrected chi connectivity index (χ0v) is 20.1. The average Bonchev–Trinajstić information content (AvgIpc) is 2.79. The maximum atomic E-state index is 14.3. The number of halogens is 1. The molecule has 0 aliphatic carbocycles. The van der Waals surface area contributed by atoms with Crippen molar-refractivity contribution in [3.05, 3.63) is 58.9 Å². The molecular weight excluding hydrogens is 417 g/mol. The van der Waals surface area contributed by atoms with Crippen molar-refractivity contribution in [3.63, 3.8) is 0 Å². The highest BCUT2D eigenvalue weighted by atomic mass is 19.1. The van der Waals surface area contributed by atoms with Gasteiger partial charge in [0.25, 0.3) is 5.56 Å². The molecule has 1 unspecified atom stereocenters. The molecule has 0 N–H and O–H groups in total. The van der Waals surface area contributed by atoms with E-state index in [1.165, 1.54) is 12.1 Å². The lowest BCUT2D eigenvalue weighted by Gasteiger charge is -2.35. The van der Waals surface area contributed by atoms with Crippen molar-refractivity contribution in [2.24, 2.45) is 11.8 Å². The fraction of sp³-hybridized carbons (Fsp3) is 0.481. The van der Waals surface area contributed by atoms with Gasteiger partial charge in [0.2, 0.25) is 0 Å². The standard InChI is InChI=1S/C27H34FN3O2/c1-18(2)16-33-24-11-22(10-23(28)13-24)21-7-8-26-25(12-21)27(32)31(17-29-26)15-20-6-5-9-30(14-20)19(3)4/h7-8,10-13,17-20H,5-6,9,14-16H2,1-4H3. The van der Waals surface area contributed by atoms with Crippen molar-refractivity contribution in [2.75, 3.05) is 19.7 Å². The first kappa shape index (κ1) is 23.4. The zero-order valence-electron chi connectivity index (χ0n) is 20.1. The number of likely N-dealkylation sites (tertiary alicyclic amines) is 1. The van der Waals surface area contributed by atoms with Gasteiger partial charge in [-0.05, 0) is 80.5 Å². The van der Waals surface area contributed by atoms with Crippen molar-refractivity contribution in [1.82, 2.24) is 14.5 Å². The van der Waals surface area contributed by atoms with Crippen LogP contribution in [0, 0.1) is 17.7 Å². The molecular formula is C27H34FN3O2. The molecule has 1 fully saturated rings. The van der Waals surface area contributed by atoms with E-state index in [2.05, 4.69) is 37.6 Å². The minimum absolute atomic E-state index is 0.0452. The van der Waals surface area contributed by atoms with E-state index in [-0.39, 0.29) is 11.4 Å². The highest BCUT2D eigenvalue weighted by Crippen LogP contribution is 2.28. The van der Waals surface area contributed by atoms with E-state index in [0.717, 1.165) is 31.5 Å². The summed E-state index contributed by atoms with van der Waals surface area (Å²) in [6.45, 7) is 11.9. The molecule has 1 aliphatic heterocycles. The molecule has 0 radical (unpaired) electrons. The van der Waals surface area contributed by atoms with Crippen LogP contribution in [0.25, 0.3) is 22.0 Å². The average molecular weight is 452 g/mol. The Kier molecular flexibility index (Phi) is 7.13. The fourth-order valence-corrected chi connectivity index (χ4v) is 4.54. The summed E-state index contributed by atoms with van der Waals surface area (Å²) in [4.78, 5) is 20.3. The predicted octanol–water partition coefficient (Wildman–Crippen LogP) is 5.36. The molecule has 33 heavy (non-hydrogen) atoms.